The Morgan fingerprint density at radius 3 is 2.45 bits per heavy atom. The molecule has 0 unspecified atom stereocenters. The van der Waals surface area contributed by atoms with E-state index in [0.717, 1.165) is 37.4 Å². The van der Waals surface area contributed by atoms with Gasteiger partial charge in [0.15, 0.2) is 0 Å². The third-order valence-electron chi connectivity index (χ3n) is 3.19. The first-order valence-electron chi connectivity index (χ1n) is 7.12. The summed E-state index contributed by atoms with van der Waals surface area (Å²) in [4.78, 5) is 0. The molecule has 0 saturated heterocycles. The van der Waals surface area contributed by atoms with E-state index >= 15 is 0 Å². The monoisotopic (exact) mass is 445 g/mol. The van der Waals surface area contributed by atoms with Crippen LogP contribution in [0.15, 0.2) is 39.3 Å². The van der Waals surface area contributed by atoms with Crippen LogP contribution in [0.1, 0.15) is 24.5 Å². The minimum absolute atomic E-state index is 0.705. The van der Waals surface area contributed by atoms with Crippen LogP contribution in [0, 0.1) is 6.92 Å². The summed E-state index contributed by atoms with van der Waals surface area (Å²) in [6.45, 7) is 5.57. The molecular weight excluding hydrogens is 429 g/mol. The van der Waals surface area contributed by atoms with E-state index in [0.29, 0.717) is 13.2 Å². The Hall–Kier alpha value is -0.710. The van der Waals surface area contributed by atoms with Gasteiger partial charge in [-0.1, -0.05) is 24.6 Å². The number of anilines is 1. The van der Waals surface area contributed by atoms with Crippen molar-refractivity contribution in [3.8, 4) is 5.75 Å². The second-order valence-corrected chi connectivity index (χ2v) is 7.19. The summed E-state index contributed by atoms with van der Waals surface area (Å²) in [5, 5.41) is 4.16. The number of benzene rings is 2. The average Bonchev–Trinajstić information content (AvgIpc) is 2.47. The summed E-state index contributed by atoms with van der Waals surface area (Å²) in [5.74, 6) is 0.851. The quantitative estimate of drug-likeness (QED) is 0.540. The van der Waals surface area contributed by atoms with Crippen LogP contribution in [-0.4, -0.2) is 6.61 Å². The lowest BCUT2D eigenvalue weighted by molar-refractivity contribution is 0.313. The Balaban J connectivity index is 2.12. The molecule has 22 heavy (non-hydrogen) atoms. The molecule has 0 atom stereocenters. The van der Waals surface area contributed by atoms with Crippen molar-refractivity contribution in [1.82, 2.24) is 0 Å². The lowest BCUT2D eigenvalue weighted by Gasteiger charge is -2.14. The number of rotatable bonds is 6. The summed E-state index contributed by atoms with van der Waals surface area (Å²) >= 11 is 13.2. The molecule has 0 aromatic heterocycles. The van der Waals surface area contributed by atoms with Crippen molar-refractivity contribution >= 4 is 49.1 Å². The van der Waals surface area contributed by atoms with E-state index in [4.69, 9.17) is 16.3 Å². The van der Waals surface area contributed by atoms with Gasteiger partial charge in [0.25, 0.3) is 0 Å². The van der Waals surface area contributed by atoms with Gasteiger partial charge in [-0.05, 0) is 80.6 Å². The molecule has 2 aromatic rings. The second kappa shape index (κ2) is 8.23. The third-order valence-corrected chi connectivity index (χ3v) is 4.60. The topological polar surface area (TPSA) is 21.3 Å². The van der Waals surface area contributed by atoms with E-state index in [-0.39, 0.29) is 0 Å². The van der Waals surface area contributed by atoms with Gasteiger partial charge in [-0.3, -0.25) is 0 Å². The largest absolute Gasteiger partial charge is 0.491 e. The first-order valence-corrected chi connectivity index (χ1v) is 9.08. The van der Waals surface area contributed by atoms with Crippen molar-refractivity contribution in [2.75, 3.05) is 11.9 Å². The highest BCUT2D eigenvalue weighted by Gasteiger charge is 2.09. The molecule has 118 valence electrons. The highest BCUT2D eigenvalue weighted by molar-refractivity contribution is 9.11. The maximum atomic E-state index is 6.05. The van der Waals surface area contributed by atoms with Gasteiger partial charge in [-0.15, -0.1) is 0 Å². The maximum Gasteiger partial charge on any atom is 0.147 e. The highest BCUT2D eigenvalue weighted by Crippen LogP contribution is 2.35. The molecule has 0 aliphatic carbocycles. The number of nitrogens with one attached hydrogen (secondary N) is 1. The predicted octanol–water partition coefficient (Wildman–Crippen LogP) is 6.57. The molecular formula is C17H18Br2ClNO. The predicted molar refractivity (Wildman–Crippen MR) is 101 cm³/mol. The van der Waals surface area contributed by atoms with Gasteiger partial charge in [-0.25, -0.2) is 0 Å². The van der Waals surface area contributed by atoms with Crippen molar-refractivity contribution in [2.45, 2.75) is 26.8 Å². The van der Waals surface area contributed by atoms with Gasteiger partial charge in [0.05, 0.1) is 15.6 Å². The van der Waals surface area contributed by atoms with Gasteiger partial charge in [0, 0.05) is 17.3 Å². The molecule has 2 aromatic carbocycles. The highest BCUT2D eigenvalue weighted by atomic mass is 79.9. The zero-order chi connectivity index (χ0) is 16.1. The lowest BCUT2D eigenvalue weighted by atomic mass is 10.1. The number of hydrogen-bond donors (Lipinski definition) is 1. The van der Waals surface area contributed by atoms with E-state index in [9.17, 15) is 0 Å². The molecule has 2 rings (SSSR count). The zero-order valence-corrected chi connectivity index (χ0v) is 16.5. The summed E-state index contributed by atoms with van der Waals surface area (Å²) in [7, 11) is 0. The molecule has 0 heterocycles. The smallest absolute Gasteiger partial charge is 0.147 e. The van der Waals surface area contributed by atoms with Gasteiger partial charge in [0.2, 0.25) is 0 Å². The number of hydrogen-bond acceptors (Lipinski definition) is 2. The van der Waals surface area contributed by atoms with Crippen molar-refractivity contribution in [2.24, 2.45) is 0 Å². The molecule has 1 N–H and O–H groups in total. The van der Waals surface area contributed by atoms with E-state index in [1.807, 2.05) is 18.2 Å². The Morgan fingerprint density at radius 1 is 1.14 bits per heavy atom. The molecule has 2 nitrogen and oxygen atoms in total. The number of aryl methyl sites for hydroxylation is 1. The van der Waals surface area contributed by atoms with Crippen LogP contribution in [0.4, 0.5) is 5.69 Å². The van der Waals surface area contributed by atoms with Crippen LogP contribution < -0.4 is 10.1 Å². The SMILES string of the molecule is CCCOc1c(Br)cc(CNc2cc(Cl)ccc2C)cc1Br. The summed E-state index contributed by atoms with van der Waals surface area (Å²) in [6, 6.07) is 10.00. The fraction of sp³-hybridized carbons (Fsp3) is 0.294. The van der Waals surface area contributed by atoms with Crippen LogP contribution in [0.25, 0.3) is 0 Å². The molecule has 0 aliphatic heterocycles. The molecule has 0 radical (unpaired) electrons. The first kappa shape index (κ1) is 17.6. The normalized spacial score (nSPS) is 10.6. The Bertz CT molecular complexity index is 638. The van der Waals surface area contributed by atoms with E-state index < -0.39 is 0 Å². The van der Waals surface area contributed by atoms with Crippen LogP contribution in [0.2, 0.25) is 5.02 Å². The Kier molecular flexibility index (Phi) is 6.60. The zero-order valence-electron chi connectivity index (χ0n) is 12.6. The van der Waals surface area contributed by atoms with Crippen LogP contribution in [0.3, 0.4) is 0 Å². The van der Waals surface area contributed by atoms with Crippen LogP contribution in [-0.2, 0) is 6.54 Å². The minimum Gasteiger partial charge on any atom is -0.491 e. The van der Waals surface area contributed by atoms with Crippen molar-refractivity contribution < 1.29 is 4.74 Å². The molecule has 5 heteroatoms. The summed E-state index contributed by atoms with van der Waals surface area (Å²) in [5.41, 5.74) is 3.37. The van der Waals surface area contributed by atoms with Gasteiger partial charge < -0.3 is 10.1 Å². The standard InChI is InChI=1S/C17H18Br2ClNO/c1-3-6-22-17-14(18)7-12(8-15(17)19)10-21-16-9-13(20)5-4-11(16)2/h4-5,7-9,21H,3,6,10H2,1-2H3. The third kappa shape index (κ3) is 4.64. The van der Waals surface area contributed by atoms with E-state index in [1.165, 1.54) is 5.56 Å². The van der Waals surface area contributed by atoms with Gasteiger partial charge in [0.1, 0.15) is 5.75 Å². The molecule has 0 spiro atoms. The fourth-order valence-electron chi connectivity index (χ4n) is 2.04. The minimum atomic E-state index is 0.705. The van der Waals surface area contributed by atoms with Crippen molar-refractivity contribution in [3.63, 3.8) is 0 Å². The van der Waals surface area contributed by atoms with E-state index in [1.54, 1.807) is 0 Å². The summed E-state index contributed by atoms with van der Waals surface area (Å²) < 4.78 is 7.65. The second-order valence-electron chi connectivity index (χ2n) is 5.05. The molecule has 0 fully saturated rings. The van der Waals surface area contributed by atoms with Crippen LogP contribution in [0.5, 0.6) is 5.75 Å². The first-order chi connectivity index (χ1) is 10.5. The molecule has 0 aliphatic rings. The van der Waals surface area contributed by atoms with Gasteiger partial charge >= 0.3 is 0 Å². The Morgan fingerprint density at radius 2 is 1.82 bits per heavy atom. The molecule has 0 saturated carbocycles. The summed E-state index contributed by atoms with van der Waals surface area (Å²) in [6.07, 6.45) is 0.982. The van der Waals surface area contributed by atoms with Crippen molar-refractivity contribution in [1.29, 1.82) is 0 Å². The van der Waals surface area contributed by atoms with Crippen LogP contribution >= 0.6 is 43.5 Å². The maximum absolute atomic E-state index is 6.05. The van der Waals surface area contributed by atoms with Gasteiger partial charge in [-0.2, -0.15) is 0 Å². The molecule has 0 amide bonds. The Labute approximate surface area is 153 Å². The van der Waals surface area contributed by atoms with Crippen molar-refractivity contribution in [3.05, 3.63) is 55.4 Å². The fourth-order valence-corrected chi connectivity index (χ4v) is 3.72. The number of ether oxygens (including phenoxy) is 1. The lowest BCUT2D eigenvalue weighted by Crippen LogP contribution is -2.02. The number of halogens is 3. The molecule has 0 bridgehead atoms. The average molecular weight is 448 g/mol. The van der Waals surface area contributed by atoms with E-state index in [2.05, 4.69) is 63.2 Å².